The van der Waals surface area contributed by atoms with E-state index < -0.39 is 23.6 Å². The lowest BCUT2D eigenvalue weighted by atomic mass is 9.72. The number of ketones is 1. The normalized spacial score (nSPS) is 26.5. The molecule has 1 aliphatic rings. The molecular formula is C33H53NO5S. The Labute approximate surface area is 246 Å². The smallest absolute Gasteiger partial charge is 0.309 e. The number of nitrogens with zero attached hydrogens (tertiary/aromatic N) is 1. The Hall–Kier alpha value is -2.09. The molecule has 5 atom stereocenters. The molecule has 1 fully saturated rings. The van der Waals surface area contributed by atoms with Crippen LogP contribution in [0.15, 0.2) is 30.9 Å². The first-order valence-electron chi connectivity index (χ1n) is 14.9. The van der Waals surface area contributed by atoms with Gasteiger partial charge in [-0.2, -0.15) is 0 Å². The highest BCUT2D eigenvalue weighted by Gasteiger charge is 2.41. The van der Waals surface area contributed by atoms with Gasteiger partial charge < -0.3 is 14.9 Å². The molecule has 2 aromatic rings. The van der Waals surface area contributed by atoms with Crippen molar-refractivity contribution in [1.29, 1.82) is 0 Å². The minimum atomic E-state index is -1.11. The summed E-state index contributed by atoms with van der Waals surface area (Å²) >= 11 is 1.65. The second-order valence-corrected chi connectivity index (χ2v) is 12.7. The Morgan fingerprint density at radius 3 is 2.40 bits per heavy atom. The molecule has 1 aromatic carbocycles. The van der Waals surface area contributed by atoms with E-state index in [1.165, 1.54) is 0 Å². The zero-order valence-electron chi connectivity index (χ0n) is 26.0. The minimum Gasteiger partial charge on any atom is -0.457 e. The lowest BCUT2D eigenvalue weighted by molar-refractivity contribution is -0.156. The lowest BCUT2D eigenvalue weighted by Gasteiger charge is -2.33. The van der Waals surface area contributed by atoms with Crippen LogP contribution >= 0.6 is 11.3 Å². The van der Waals surface area contributed by atoms with Crippen LogP contribution in [0.5, 0.6) is 0 Å². The van der Waals surface area contributed by atoms with Gasteiger partial charge in [0.15, 0.2) is 0 Å². The number of carbonyl (C=O) groups is 2. The van der Waals surface area contributed by atoms with E-state index in [0.717, 1.165) is 66.4 Å². The third-order valence-electron chi connectivity index (χ3n) is 7.82. The van der Waals surface area contributed by atoms with Crippen molar-refractivity contribution < 1.29 is 24.5 Å². The number of rotatable bonds is 3. The van der Waals surface area contributed by atoms with E-state index in [0.29, 0.717) is 18.3 Å². The maximum atomic E-state index is 13.5. The molecule has 0 radical (unpaired) electrons. The van der Waals surface area contributed by atoms with Gasteiger partial charge in [0.25, 0.3) is 0 Å². The fourth-order valence-electron chi connectivity index (χ4n) is 5.37. The van der Waals surface area contributed by atoms with E-state index in [1.807, 2.05) is 39.0 Å². The number of Topliss-reactive ketones (excluding diaryl/α,β-unsaturated/α-hetero) is 1. The number of hydrogen-bond donors (Lipinski definition) is 2. The summed E-state index contributed by atoms with van der Waals surface area (Å²) in [7, 11) is 1.00. The van der Waals surface area contributed by atoms with Crippen LogP contribution in [0.3, 0.4) is 0 Å². The van der Waals surface area contributed by atoms with Crippen LogP contribution in [0.4, 0.5) is 0 Å². The number of hydrogen-bond acceptors (Lipinski definition) is 7. The molecule has 0 aliphatic carbocycles. The molecule has 3 rings (SSSR count). The second kappa shape index (κ2) is 17.7. The number of thiazole rings is 1. The van der Waals surface area contributed by atoms with Gasteiger partial charge in [0.05, 0.1) is 33.2 Å². The van der Waals surface area contributed by atoms with E-state index in [-0.39, 0.29) is 18.1 Å². The van der Waals surface area contributed by atoms with Gasteiger partial charge in [-0.05, 0) is 62.1 Å². The van der Waals surface area contributed by atoms with E-state index in [4.69, 9.17) is 9.84 Å². The molecular weight excluding hydrogens is 522 g/mol. The van der Waals surface area contributed by atoms with Crippen LogP contribution < -0.4 is 0 Å². The number of fused-ring (bicyclic) bond motifs is 1. The zero-order valence-corrected chi connectivity index (χ0v) is 26.9. The maximum absolute atomic E-state index is 13.5. The minimum absolute atomic E-state index is 0.00378. The van der Waals surface area contributed by atoms with Gasteiger partial charge >= 0.3 is 5.97 Å². The highest BCUT2D eigenvalue weighted by molar-refractivity contribution is 7.18. The number of aliphatic hydroxyl groups excluding tert-OH is 2. The van der Waals surface area contributed by atoms with Crippen LogP contribution in [0.25, 0.3) is 10.2 Å². The molecule has 40 heavy (non-hydrogen) atoms. The summed E-state index contributed by atoms with van der Waals surface area (Å²) in [6, 6.07) is 6.08. The number of esters is 1. The van der Waals surface area contributed by atoms with Crippen LogP contribution in [-0.2, 0) is 14.3 Å². The number of carbonyl (C=O) groups excluding carboxylic acids is 2. The Kier molecular flexibility index (Phi) is 15.9. The van der Waals surface area contributed by atoms with Crippen LogP contribution in [0.1, 0.15) is 110 Å². The van der Waals surface area contributed by atoms with E-state index in [2.05, 4.69) is 25.4 Å². The van der Waals surface area contributed by atoms with Gasteiger partial charge in [-0.25, -0.2) is 4.98 Å². The van der Waals surface area contributed by atoms with E-state index >= 15 is 0 Å². The van der Waals surface area contributed by atoms with Gasteiger partial charge in [-0.15, -0.1) is 17.9 Å². The highest BCUT2D eigenvalue weighted by Crippen LogP contribution is 2.35. The number of cyclic esters (lactones) is 1. The molecule has 1 saturated heterocycles. The fraction of sp³-hybridized carbons (Fsp3) is 0.667. The SMILES string of the molecule is C=CC[C@@H]1C[C@@H](C)CCC[C@H](C)CC[C@@H](c2ccc3sc(C)nc3c2)OC(=O)C[C@H](O)C(C)(C)C1=O.CC.CO. The van der Waals surface area contributed by atoms with Crippen molar-refractivity contribution in [2.45, 2.75) is 112 Å². The third kappa shape index (κ3) is 10.4. The van der Waals surface area contributed by atoms with Crippen LogP contribution in [0, 0.1) is 30.1 Å². The zero-order chi connectivity index (χ0) is 30.5. The van der Waals surface area contributed by atoms with Gasteiger partial charge in [0.2, 0.25) is 0 Å². The van der Waals surface area contributed by atoms with Crippen molar-refractivity contribution in [3.05, 3.63) is 41.4 Å². The van der Waals surface area contributed by atoms with Crippen molar-refractivity contribution in [2.75, 3.05) is 7.11 Å². The molecule has 0 unspecified atom stereocenters. The number of benzene rings is 1. The van der Waals surface area contributed by atoms with E-state index in [9.17, 15) is 14.7 Å². The Balaban J connectivity index is 0.00000191. The number of aliphatic hydroxyl groups is 2. The molecule has 0 amide bonds. The Morgan fingerprint density at radius 1 is 1.10 bits per heavy atom. The predicted molar refractivity (Wildman–Crippen MR) is 166 cm³/mol. The van der Waals surface area contributed by atoms with E-state index in [1.54, 1.807) is 31.3 Å². The lowest BCUT2D eigenvalue weighted by Crippen LogP contribution is -2.42. The molecule has 6 nitrogen and oxygen atoms in total. The van der Waals surface area contributed by atoms with Crippen molar-refractivity contribution in [3.8, 4) is 0 Å². The first-order valence-corrected chi connectivity index (χ1v) is 15.7. The average Bonchev–Trinajstić information content (AvgIpc) is 3.31. The van der Waals surface area contributed by atoms with Crippen molar-refractivity contribution in [3.63, 3.8) is 0 Å². The predicted octanol–water partition coefficient (Wildman–Crippen LogP) is 7.99. The molecule has 1 aliphatic heterocycles. The Morgan fingerprint density at radius 2 is 1.75 bits per heavy atom. The molecule has 2 N–H and O–H groups in total. The molecule has 0 spiro atoms. The standard InChI is InChI=1S/C30H43NO4S.C2H6.CH4O/c1-7-9-23-16-20(3)11-8-10-19(2)12-14-25(22-13-15-26-24(17-22)31-21(4)36-26)35-28(33)18-27(32)30(5,6)29(23)34;2*1-2/h7,13,15,17,19-20,23,25,27,32H,1,8-12,14,16,18H2,2-6H3;1-2H3;2H,1H3/t19-,20-,23+,25-,27-;;/m0../s1. The highest BCUT2D eigenvalue weighted by atomic mass is 32.1. The van der Waals surface area contributed by atoms with Crippen molar-refractivity contribution in [2.24, 2.45) is 23.2 Å². The Bertz CT molecular complexity index is 1060. The van der Waals surface area contributed by atoms with Crippen LogP contribution in [0.2, 0.25) is 0 Å². The first kappa shape index (κ1) is 35.9. The average molecular weight is 576 g/mol. The fourth-order valence-corrected chi connectivity index (χ4v) is 6.18. The maximum Gasteiger partial charge on any atom is 0.309 e. The molecule has 2 heterocycles. The molecule has 226 valence electrons. The number of aryl methyl sites for hydroxylation is 1. The van der Waals surface area contributed by atoms with Gasteiger partial charge in [-0.1, -0.05) is 72.9 Å². The topological polar surface area (TPSA) is 96.7 Å². The van der Waals surface area contributed by atoms with Crippen molar-refractivity contribution in [1.82, 2.24) is 4.98 Å². The summed E-state index contributed by atoms with van der Waals surface area (Å²) in [5.74, 6) is 0.237. The monoisotopic (exact) mass is 575 g/mol. The largest absolute Gasteiger partial charge is 0.457 e. The summed E-state index contributed by atoms with van der Waals surface area (Å²) in [6.45, 7) is 17.8. The summed E-state index contributed by atoms with van der Waals surface area (Å²) in [4.78, 5) is 31.2. The molecule has 0 saturated carbocycles. The van der Waals surface area contributed by atoms with Gasteiger partial charge in [0, 0.05) is 13.0 Å². The number of allylic oxidation sites excluding steroid dienone is 1. The van der Waals surface area contributed by atoms with Gasteiger partial charge in [-0.3, -0.25) is 9.59 Å². The number of aromatic nitrogens is 1. The summed E-state index contributed by atoms with van der Waals surface area (Å²) in [5, 5.41) is 19.0. The third-order valence-corrected chi connectivity index (χ3v) is 8.77. The van der Waals surface area contributed by atoms with Crippen LogP contribution in [-0.4, -0.2) is 40.2 Å². The summed E-state index contributed by atoms with van der Waals surface area (Å²) < 4.78 is 7.09. The summed E-state index contributed by atoms with van der Waals surface area (Å²) in [6.07, 6.45) is 6.39. The quantitative estimate of drug-likeness (QED) is 0.284. The van der Waals surface area contributed by atoms with Crippen molar-refractivity contribution >= 4 is 33.3 Å². The molecule has 0 bridgehead atoms. The first-order chi connectivity index (χ1) is 19.0. The molecule has 7 heteroatoms. The molecule has 1 aromatic heterocycles. The number of ether oxygens (including phenoxy) is 1. The second-order valence-electron chi connectivity index (χ2n) is 11.4. The summed E-state index contributed by atoms with van der Waals surface area (Å²) in [5.41, 5.74) is 0.795. The van der Waals surface area contributed by atoms with Gasteiger partial charge in [0.1, 0.15) is 11.9 Å².